The molecule has 4 nitrogen and oxygen atoms in total. The molecule has 0 N–H and O–H groups in total. The molecule has 124 valence electrons. The molecule has 0 aliphatic rings. The number of hydrogen-bond acceptors (Lipinski definition) is 3. The highest BCUT2D eigenvalue weighted by atomic mass is 16.5. The highest BCUT2D eigenvalue weighted by molar-refractivity contribution is 5.98. The van der Waals surface area contributed by atoms with E-state index in [0.717, 1.165) is 28.7 Å². The van der Waals surface area contributed by atoms with E-state index in [4.69, 9.17) is 9.47 Å². The monoisotopic (exact) mass is 323 g/mol. The topological polar surface area (TPSA) is 40.5 Å². The van der Waals surface area contributed by atoms with Crippen LogP contribution >= 0.6 is 0 Å². The Morgan fingerprint density at radius 1 is 1.04 bits per heavy atom. The van der Waals surface area contributed by atoms with Crippen molar-refractivity contribution in [3.63, 3.8) is 0 Å². The molecule has 1 heterocycles. The third kappa shape index (κ3) is 3.43. The maximum absolute atomic E-state index is 11.3. The number of carbonyl (C=O) groups is 1. The predicted octanol–water partition coefficient (Wildman–Crippen LogP) is 4.24. The van der Waals surface area contributed by atoms with Crippen LogP contribution in [0.2, 0.25) is 0 Å². The summed E-state index contributed by atoms with van der Waals surface area (Å²) in [5.74, 6) is 1.63. The Labute approximate surface area is 141 Å². The number of ether oxygens (including phenoxy) is 2. The predicted molar refractivity (Wildman–Crippen MR) is 95.2 cm³/mol. The Kier molecular flexibility index (Phi) is 4.85. The number of aldehydes is 1. The van der Waals surface area contributed by atoms with Gasteiger partial charge in [-0.1, -0.05) is 17.7 Å². The molecule has 0 amide bonds. The third-order valence-corrected chi connectivity index (χ3v) is 3.94. The second-order valence-corrected chi connectivity index (χ2v) is 5.67. The zero-order valence-electron chi connectivity index (χ0n) is 14.0. The minimum absolute atomic E-state index is 0.540. The number of carbonyl (C=O) groups excluding carboxylic acids is 1. The molecule has 2 aromatic carbocycles. The fraction of sp³-hybridized carbons (Fsp3) is 0.250. The van der Waals surface area contributed by atoms with Gasteiger partial charge in [-0.2, -0.15) is 0 Å². The molecule has 0 radical (unpaired) electrons. The lowest BCUT2D eigenvalue weighted by molar-refractivity contribution is 0.112. The van der Waals surface area contributed by atoms with Crippen LogP contribution in [0.3, 0.4) is 0 Å². The molecule has 0 saturated carbocycles. The van der Waals surface area contributed by atoms with Crippen molar-refractivity contribution in [3.8, 4) is 11.5 Å². The van der Waals surface area contributed by atoms with Crippen LogP contribution < -0.4 is 9.47 Å². The number of rotatable bonds is 7. The van der Waals surface area contributed by atoms with Gasteiger partial charge in [0.25, 0.3) is 0 Å². The first kappa shape index (κ1) is 16.1. The maximum Gasteiger partial charge on any atom is 0.152 e. The molecule has 0 unspecified atom stereocenters. The van der Waals surface area contributed by atoms with Gasteiger partial charge < -0.3 is 14.0 Å². The van der Waals surface area contributed by atoms with Crippen molar-refractivity contribution >= 4 is 17.2 Å². The Balaban J connectivity index is 1.76. The van der Waals surface area contributed by atoms with E-state index in [1.165, 1.54) is 5.56 Å². The van der Waals surface area contributed by atoms with E-state index < -0.39 is 0 Å². The first-order valence-electron chi connectivity index (χ1n) is 8.11. The lowest BCUT2D eigenvalue weighted by atomic mass is 10.2. The summed E-state index contributed by atoms with van der Waals surface area (Å²) >= 11 is 0. The Morgan fingerprint density at radius 3 is 2.50 bits per heavy atom. The average Bonchev–Trinajstić information content (AvgIpc) is 2.94. The van der Waals surface area contributed by atoms with Crippen LogP contribution in [0.5, 0.6) is 11.5 Å². The molecule has 0 fully saturated rings. The van der Waals surface area contributed by atoms with E-state index in [9.17, 15) is 4.79 Å². The zero-order valence-corrected chi connectivity index (χ0v) is 14.0. The first-order chi connectivity index (χ1) is 11.7. The number of aromatic nitrogens is 1. The Morgan fingerprint density at radius 2 is 1.79 bits per heavy atom. The van der Waals surface area contributed by atoms with Crippen molar-refractivity contribution in [1.29, 1.82) is 0 Å². The van der Waals surface area contributed by atoms with Gasteiger partial charge in [0.15, 0.2) is 6.29 Å². The van der Waals surface area contributed by atoms with Crippen LogP contribution in [0.15, 0.2) is 48.7 Å². The molecular formula is C20H21NO3. The quantitative estimate of drug-likeness (QED) is 0.611. The molecule has 0 aliphatic heterocycles. The van der Waals surface area contributed by atoms with Crippen LogP contribution in [0.4, 0.5) is 0 Å². The van der Waals surface area contributed by atoms with E-state index in [-0.39, 0.29) is 0 Å². The number of hydrogen-bond donors (Lipinski definition) is 0. The SMILES string of the molecule is CCOc1ccc2c(c1)c(C=O)cn2CCOc1ccc(C)cc1. The molecule has 0 spiro atoms. The van der Waals surface area contributed by atoms with Gasteiger partial charge in [-0.3, -0.25) is 4.79 Å². The first-order valence-corrected chi connectivity index (χ1v) is 8.11. The second-order valence-electron chi connectivity index (χ2n) is 5.67. The van der Waals surface area contributed by atoms with Gasteiger partial charge in [-0.25, -0.2) is 0 Å². The molecular weight excluding hydrogens is 302 g/mol. The van der Waals surface area contributed by atoms with Crippen LogP contribution in [0.25, 0.3) is 10.9 Å². The van der Waals surface area contributed by atoms with E-state index in [1.807, 2.05) is 67.1 Å². The number of nitrogens with zero attached hydrogens (tertiary/aromatic N) is 1. The highest BCUT2D eigenvalue weighted by Crippen LogP contribution is 2.25. The summed E-state index contributed by atoms with van der Waals surface area (Å²) in [6, 6.07) is 13.8. The van der Waals surface area contributed by atoms with Gasteiger partial charge in [0, 0.05) is 22.7 Å². The maximum atomic E-state index is 11.3. The van der Waals surface area contributed by atoms with Gasteiger partial charge in [0.1, 0.15) is 18.1 Å². The van der Waals surface area contributed by atoms with Gasteiger partial charge >= 0.3 is 0 Å². The van der Waals surface area contributed by atoms with Gasteiger partial charge in [-0.05, 0) is 44.2 Å². The molecule has 3 rings (SSSR count). The van der Waals surface area contributed by atoms with E-state index >= 15 is 0 Å². The van der Waals surface area contributed by atoms with Gasteiger partial charge in [0.2, 0.25) is 0 Å². The molecule has 1 aromatic heterocycles. The van der Waals surface area contributed by atoms with Gasteiger partial charge in [-0.15, -0.1) is 0 Å². The van der Waals surface area contributed by atoms with Crippen molar-refractivity contribution < 1.29 is 14.3 Å². The van der Waals surface area contributed by atoms with Crippen molar-refractivity contribution in [3.05, 3.63) is 59.8 Å². The van der Waals surface area contributed by atoms with Crippen molar-refractivity contribution in [1.82, 2.24) is 4.57 Å². The third-order valence-electron chi connectivity index (χ3n) is 3.94. The van der Waals surface area contributed by atoms with Crippen LogP contribution in [0, 0.1) is 6.92 Å². The summed E-state index contributed by atoms with van der Waals surface area (Å²) in [5, 5.41) is 0.909. The standard InChI is InChI=1S/C20H21NO3/c1-3-23-18-8-9-20-19(12-18)16(14-22)13-21(20)10-11-24-17-6-4-15(2)5-7-17/h4-9,12-14H,3,10-11H2,1-2H3. The summed E-state index contributed by atoms with van der Waals surface area (Å²) in [4.78, 5) is 11.3. The van der Waals surface area contributed by atoms with Crippen LogP contribution in [0.1, 0.15) is 22.8 Å². The molecule has 0 aliphatic carbocycles. The van der Waals surface area contributed by atoms with Crippen LogP contribution in [-0.4, -0.2) is 24.1 Å². The summed E-state index contributed by atoms with van der Waals surface area (Å²) in [6.07, 6.45) is 2.75. The van der Waals surface area contributed by atoms with Crippen molar-refractivity contribution in [2.45, 2.75) is 20.4 Å². The van der Waals surface area contributed by atoms with Crippen molar-refractivity contribution in [2.24, 2.45) is 0 Å². The highest BCUT2D eigenvalue weighted by Gasteiger charge is 2.09. The summed E-state index contributed by atoms with van der Waals surface area (Å²) in [6.45, 7) is 5.81. The number of benzene rings is 2. The molecule has 0 atom stereocenters. The number of aryl methyl sites for hydroxylation is 1. The Hall–Kier alpha value is -2.75. The summed E-state index contributed by atoms with van der Waals surface area (Å²) in [5.41, 5.74) is 2.88. The zero-order chi connectivity index (χ0) is 16.9. The number of fused-ring (bicyclic) bond motifs is 1. The molecule has 0 bridgehead atoms. The second kappa shape index (κ2) is 7.21. The molecule has 3 aromatic rings. The van der Waals surface area contributed by atoms with Crippen LogP contribution in [-0.2, 0) is 6.54 Å². The van der Waals surface area contributed by atoms with Gasteiger partial charge in [0.05, 0.1) is 13.2 Å². The Bertz CT molecular complexity index is 834. The van der Waals surface area contributed by atoms with E-state index in [1.54, 1.807) is 0 Å². The molecule has 4 heteroatoms. The fourth-order valence-corrected chi connectivity index (χ4v) is 2.74. The lowest BCUT2D eigenvalue weighted by Gasteiger charge is -2.09. The summed E-state index contributed by atoms with van der Waals surface area (Å²) in [7, 11) is 0. The smallest absolute Gasteiger partial charge is 0.152 e. The minimum Gasteiger partial charge on any atom is -0.494 e. The normalized spacial score (nSPS) is 10.8. The van der Waals surface area contributed by atoms with E-state index in [0.29, 0.717) is 25.3 Å². The fourth-order valence-electron chi connectivity index (χ4n) is 2.74. The molecule has 0 saturated heterocycles. The minimum atomic E-state index is 0.540. The van der Waals surface area contributed by atoms with Crippen molar-refractivity contribution in [2.75, 3.05) is 13.2 Å². The van der Waals surface area contributed by atoms with E-state index in [2.05, 4.69) is 0 Å². The molecule has 24 heavy (non-hydrogen) atoms. The largest absolute Gasteiger partial charge is 0.494 e. The average molecular weight is 323 g/mol. The lowest BCUT2D eigenvalue weighted by Crippen LogP contribution is -2.07. The summed E-state index contributed by atoms with van der Waals surface area (Å²) < 4.78 is 13.4.